The van der Waals surface area contributed by atoms with E-state index >= 15 is 0 Å². The zero-order chi connectivity index (χ0) is 13.3. The van der Waals surface area contributed by atoms with Gasteiger partial charge in [-0.25, -0.2) is 4.98 Å². The Labute approximate surface area is 111 Å². The van der Waals surface area contributed by atoms with E-state index in [2.05, 4.69) is 14.3 Å². The van der Waals surface area contributed by atoms with E-state index in [0.717, 1.165) is 36.9 Å². The molecule has 6 heteroatoms. The van der Waals surface area contributed by atoms with E-state index in [9.17, 15) is 9.90 Å². The van der Waals surface area contributed by atoms with Crippen LogP contribution in [-0.2, 0) is 4.79 Å². The van der Waals surface area contributed by atoms with Crippen molar-refractivity contribution in [3.05, 3.63) is 5.82 Å². The van der Waals surface area contributed by atoms with E-state index in [-0.39, 0.29) is 5.92 Å². The zero-order valence-electron chi connectivity index (χ0n) is 11.0. The molecule has 1 N–H and O–H groups in total. The lowest BCUT2D eigenvalue weighted by atomic mass is 9.75. The van der Waals surface area contributed by atoms with Gasteiger partial charge in [-0.15, -0.1) is 0 Å². The van der Waals surface area contributed by atoms with E-state index in [4.69, 9.17) is 0 Å². The predicted octanol–water partition coefficient (Wildman–Crippen LogP) is 2.17. The molecule has 1 saturated heterocycles. The van der Waals surface area contributed by atoms with Crippen LogP contribution < -0.4 is 4.90 Å². The molecular weight excluding hydrogens is 250 g/mol. The second-order valence-electron chi connectivity index (χ2n) is 5.44. The fraction of sp³-hybridized carbons (Fsp3) is 0.750. The van der Waals surface area contributed by atoms with Crippen molar-refractivity contribution in [2.24, 2.45) is 11.3 Å². The van der Waals surface area contributed by atoms with Crippen molar-refractivity contribution in [3.8, 4) is 0 Å². The molecule has 1 atom stereocenters. The van der Waals surface area contributed by atoms with Gasteiger partial charge in [0.25, 0.3) is 0 Å². The first kappa shape index (κ1) is 13.3. The average molecular weight is 269 g/mol. The number of hydrogen-bond acceptors (Lipinski definition) is 5. The lowest BCUT2D eigenvalue weighted by Crippen LogP contribution is -2.44. The Hall–Kier alpha value is -1.17. The van der Waals surface area contributed by atoms with Gasteiger partial charge in [0.15, 0.2) is 0 Å². The molecule has 1 unspecified atom stereocenters. The Morgan fingerprint density at radius 2 is 2.28 bits per heavy atom. The first-order valence-electron chi connectivity index (χ1n) is 6.20. The fourth-order valence-corrected chi connectivity index (χ4v) is 3.04. The van der Waals surface area contributed by atoms with Crippen molar-refractivity contribution >= 4 is 22.6 Å². The molecule has 0 spiro atoms. The molecule has 0 bridgehead atoms. The summed E-state index contributed by atoms with van der Waals surface area (Å²) in [4.78, 5) is 17.9. The summed E-state index contributed by atoms with van der Waals surface area (Å²) in [5, 5.41) is 10.2. The Morgan fingerprint density at radius 1 is 1.56 bits per heavy atom. The molecule has 2 heterocycles. The summed E-state index contributed by atoms with van der Waals surface area (Å²) in [6.07, 6.45) is 1.98. The summed E-state index contributed by atoms with van der Waals surface area (Å²) in [7, 11) is 0. The molecule has 2 rings (SSSR count). The first-order chi connectivity index (χ1) is 8.41. The standard InChI is InChI=1S/C12H19N3O2S/c1-8-13-11(18-14-8)15-6-4-5-9(7-15)12(2,3)10(16)17/h9H,4-7H2,1-3H3,(H,16,17). The van der Waals surface area contributed by atoms with Gasteiger partial charge < -0.3 is 10.0 Å². The highest BCUT2D eigenvalue weighted by Gasteiger charge is 2.39. The Bertz CT molecular complexity index is 444. The molecule has 100 valence electrons. The molecule has 0 amide bonds. The van der Waals surface area contributed by atoms with Crippen molar-refractivity contribution in [2.75, 3.05) is 18.0 Å². The third-order valence-electron chi connectivity index (χ3n) is 3.78. The van der Waals surface area contributed by atoms with Gasteiger partial charge in [-0.2, -0.15) is 4.37 Å². The third-order valence-corrected chi connectivity index (χ3v) is 4.65. The summed E-state index contributed by atoms with van der Waals surface area (Å²) in [6.45, 7) is 7.21. The number of hydrogen-bond donors (Lipinski definition) is 1. The number of nitrogens with zero attached hydrogens (tertiary/aromatic N) is 3. The highest BCUT2D eigenvalue weighted by atomic mass is 32.1. The topological polar surface area (TPSA) is 66.3 Å². The minimum Gasteiger partial charge on any atom is -0.481 e. The molecule has 0 saturated carbocycles. The van der Waals surface area contributed by atoms with Crippen LogP contribution in [0, 0.1) is 18.3 Å². The number of aromatic nitrogens is 2. The van der Waals surface area contributed by atoms with E-state index < -0.39 is 11.4 Å². The van der Waals surface area contributed by atoms with Crippen LogP contribution in [0.15, 0.2) is 0 Å². The van der Waals surface area contributed by atoms with Crippen LogP contribution >= 0.6 is 11.5 Å². The third kappa shape index (κ3) is 2.48. The number of anilines is 1. The summed E-state index contributed by atoms with van der Waals surface area (Å²) in [6, 6.07) is 0. The summed E-state index contributed by atoms with van der Waals surface area (Å²) >= 11 is 1.39. The summed E-state index contributed by atoms with van der Waals surface area (Å²) < 4.78 is 4.19. The molecule has 0 aliphatic carbocycles. The van der Waals surface area contributed by atoms with Gasteiger partial charge in [0, 0.05) is 24.6 Å². The lowest BCUT2D eigenvalue weighted by Gasteiger charge is -2.38. The minimum absolute atomic E-state index is 0.160. The van der Waals surface area contributed by atoms with Gasteiger partial charge in [0.05, 0.1) is 5.41 Å². The monoisotopic (exact) mass is 269 g/mol. The number of rotatable bonds is 3. The number of piperidine rings is 1. The number of aliphatic carboxylic acids is 1. The van der Waals surface area contributed by atoms with Crippen LogP contribution in [0.5, 0.6) is 0 Å². The molecular formula is C12H19N3O2S. The normalized spacial score (nSPS) is 21.1. The van der Waals surface area contributed by atoms with E-state index in [0.29, 0.717) is 0 Å². The van der Waals surface area contributed by atoms with Crippen LogP contribution in [0.4, 0.5) is 5.13 Å². The van der Waals surface area contributed by atoms with Crippen molar-refractivity contribution < 1.29 is 9.90 Å². The average Bonchev–Trinajstić information content (AvgIpc) is 2.76. The van der Waals surface area contributed by atoms with Crippen molar-refractivity contribution in [3.63, 3.8) is 0 Å². The van der Waals surface area contributed by atoms with Gasteiger partial charge in [0.2, 0.25) is 5.13 Å². The van der Waals surface area contributed by atoms with E-state index in [1.165, 1.54) is 11.5 Å². The van der Waals surface area contributed by atoms with Gasteiger partial charge in [0.1, 0.15) is 5.82 Å². The maximum atomic E-state index is 11.3. The molecule has 0 radical (unpaired) electrons. The highest BCUT2D eigenvalue weighted by molar-refractivity contribution is 7.09. The smallest absolute Gasteiger partial charge is 0.309 e. The Balaban J connectivity index is 2.12. The molecule has 5 nitrogen and oxygen atoms in total. The zero-order valence-corrected chi connectivity index (χ0v) is 11.8. The Kier molecular flexibility index (Phi) is 3.56. The van der Waals surface area contributed by atoms with Crippen LogP contribution in [-0.4, -0.2) is 33.5 Å². The van der Waals surface area contributed by atoms with Crippen molar-refractivity contribution in [1.29, 1.82) is 0 Å². The molecule has 1 aromatic rings. The summed E-state index contributed by atoms with van der Waals surface area (Å²) in [5.41, 5.74) is -0.682. The largest absolute Gasteiger partial charge is 0.481 e. The minimum atomic E-state index is -0.720. The molecule has 0 aromatic carbocycles. The highest BCUT2D eigenvalue weighted by Crippen LogP contribution is 2.36. The lowest BCUT2D eigenvalue weighted by molar-refractivity contribution is -0.150. The molecule has 1 aromatic heterocycles. The first-order valence-corrected chi connectivity index (χ1v) is 6.97. The number of carboxylic acid groups (broad SMARTS) is 1. The predicted molar refractivity (Wildman–Crippen MR) is 71.0 cm³/mol. The Morgan fingerprint density at radius 3 is 2.83 bits per heavy atom. The second-order valence-corrected chi connectivity index (χ2v) is 6.17. The summed E-state index contributed by atoms with van der Waals surface area (Å²) in [5.74, 6) is 0.227. The van der Waals surface area contributed by atoms with Crippen molar-refractivity contribution in [1.82, 2.24) is 9.36 Å². The maximum absolute atomic E-state index is 11.3. The molecule has 1 aliphatic heterocycles. The van der Waals surface area contributed by atoms with Crippen molar-refractivity contribution in [2.45, 2.75) is 33.6 Å². The van der Waals surface area contributed by atoms with Crippen LogP contribution in [0.3, 0.4) is 0 Å². The quantitative estimate of drug-likeness (QED) is 0.911. The van der Waals surface area contributed by atoms with E-state index in [1.54, 1.807) is 0 Å². The molecule has 1 aliphatic rings. The van der Waals surface area contributed by atoms with Gasteiger partial charge >= 0.3 is 5.97 Å². The maximum Gasteiger partial charge on any atom is 0.309 e. The second kappa shape index (κ2) is 4.84. The number of aryl methyl sites for hydroxylation is 1. The van der Waals surface area contributed by atoms with Gasteiger partial charge in [-0.05, 0) is 39.5 Å². The van der Waals surface area contributed by atoms with Crippen LogP contribution in [0.25, 0.3) is 0 Å². The fourth-order valence-electron chi connectivity index (χ4n) is 2.33. The van der Waals surface area contributed by atoms with Crippen LogP contribution in [0.2, 0.25) is 0 Å². The van der Waals surface area contributed by atoms with Crippen LogP contribution in [0.1, 0.15) is 32.5 Å². The molecule has 1 fully saturated rings. The molecule has 18 heavy (non-hydrogen) atoms. The number of carbonyl (C=O) groups is 1. The SMILES string of the molecule is Cc1nsc(N2CCCC(C(C)(C)C(=O)O)C2)n1. The van der Waals surface area contributed by atoms with Gasteiger partial charge in [-0.3, -0.25) is 4.79 Å². The number of carboxylic acids is 1. The van der Waals surface area contributed by atoms with E-state index in [1.807, 2.05) is 20.8 Å². The van der Waals surface area contributed by atoms with Gasteiger partial charge in [-0.1, -0.05) is 0 Å².